The highest BCUT2D eigenvalue weighted by atomic mass is 79.9. The van der Waals surface area contributed by atoms with Gasteiger partial charge in [-0.2, -0.15) is 5.10 Å². The average Bonchev–Trinajstić information content (AvgIpc) is 2.33. The van der Waals surface area contributed by atoms with Gasteiger partial charge in [0.2, 0.25) is 0 Å². The Hall–Kier alpha value is -0.880. The molecule has 60 valence electrons. The van der Waals surface area contributed by atoms with E-state index in [9.17, 15) is 4.79 Å². The van der Waals surface area contributed by atoms with Gasteiger partial charge in [-0.3, -0.25) is 9.89 Å². The Morgan fingerprint density at radius 3 is 2.91 bits per heavy atom. The number of nitrogens with two attached hydrogens (primary N) is 1. The van der Waals surface area contributed by atoms with Crippen molar-refractivity contribution in [2.24, 2.45) is 5.73 Å². The molecule has 0 bridgehead atoms. The summed E-state index contributed by atoms with van der Waals surface area (Å²) >= 11 is 3.10. The fourth-order valence-corrected chi connectivity index (χ4v) is 1.06. The lowest BCUT2D eigenvalue weighted by atomic mass is 10.2. The fourth-order valence-electron chi connectivity index (χ4n) is 0.623. The molecule has 0 aliphatic rings. The molecule has 0 aromatic carbocycles. The van der Waals surface area contributed by atoms with E-state index in [1.165, 1.54) is 6.20 Å². The maximum absolute atomic E-state index is 10.4. The monoisotopic (exact) mass is 219 g/mol. The van der Waals surface area contributed by atoms with E-state index in [1.807, 2.05) is 0 Å². The summed E-state index contributed by atoms with van der Waals surface area (Å²) < 4.78 is 0.576. The van der Waals surface area contributed by atoms with Gasteiger partial charge in [0, 0.05) is 0 Å². The minimum absolute atomic E-state index is 0.373. The average molecular weight is 220 g/mol. The van der Waals surface area contributed by atoms with Crippen LogP contribution in [0.1, 0.15) is 11.7 Å². The number of aromatic nitrogens is 2. The number of aliphatic carboxylic acids is 1. The zero-order valence-electron chi connectivity index (χ0n) is 5.41. The molecule has 0 saturated heterocycles. The number of nitrogens with zero attached hydrogens (tertiary/aromatic N) is 1. The third-order valence-corrected chi connectivity index (χ3v) is 1.83. The number of carboxylic acids is 1. The standard InChI is InChI=1S/C5H6BrN3O2/c6-2-1-8-9-4(2)3(7)5(10)11/h1,3H,7H2,(H,8,9)(H,10,11). The first-order chi connectivity index (χ1) is 5.13. The first kappa shape index (κ1) is 8.22. The molecule has 1 unspecified atom stereocenters. The van der Waals surface area contributed by atoms with Crippen molar-refractivity contribution in [3.8, 4) is 0 Å². The van der Waals surface area contributed by atoms with Crippen molar-refractivity contribution in [2.45, 2.75) is 6.04 Å². The second-order valence-electron chi connectivity index (χ2n) is 1.95. The SMILES string of the molecule is NC(C(=O)O)c1[nH]ncc1Br. The number of hydrogen-bond acceptors (Lipinski definition) is 3. The summed E-state index contributed by atoms with van der Waals surface area (Å²) in [5.74, 6) is -1.09. The number of carboxylic acid groups (broad SMARTS) is 1. The Kier molecular flexibility index (Phi) is 2.25. The largest absolute Gasteiger partial charge is 0.480 e. The fraction of sp³-hybridized carbons (Fsp3) is 0.200. The van der Waals surface area contributed by atoms with E-state index in [0.717, 1.165) is 0 Å². The summed E-state index contributed by atoms with van der Waals surface area (Å²) in [6.07, 6.45) is 1.46. The van der Waals surface area contributed by atoms with Gasteiger partial charge in [0.1, 0.15) is 6.04 Å². The van der Waals surface area contributed by atoms with Gasteiger partial charge in [0.25, 0.3) is 0 Å². The van der Waals surface area contributed by atoms with Crippen LogP contribution in [0.5, 0.6) is 0 Å². The van der Waals surface area contributed by atoms with Crippen LogP contribution in [-0.4, -0.2) is 21.3 Å². The molecule has 0 fully saturated rings. The minimum atomic E-state index is -1.09. The van der Waals surface area contributed by atoms with Crippen LogP contribution in [0.4, 0.5) is 0 Å². The highest BCUT2D eigenvalue weighted by Gasteiger charge is 2.18. The van der Waals surface area contributed by atoms with Crippen LogP contribution in [0, 0.1) is 0 Å². The predicted molar refractivity (Wildman–Crippen MR) is 40.9 cm³/mol. The Bertz CT molecular complexity index is 272. The van der Waals surface area contributed by atoms with Crippen LogP contribution in [0.2, 0.25) is 0 Å². The Morgan fingerprint density at radius 2 is 2.55 bits per heavy atom. The lowest BCUT2D eigenvalue weighted by Crippen LogP contribution is -2.21. The van der Waals surface area contributed by atoms with E-state index >= 15 is 0 Å². The normalized spacial score (nSPS) is 12.9. The highest BCUT2D eigenvalue weighted by molar-refractivity contribution is 9.10. The van der Waals surface area contributed by atoms with Crippen molar-refractivity contribution in [1.82, 2.24) is 10.2 Å². The predicted octanol–water partition coefficient (Wildman–Crippen LogP) is 0.257. The van der Waals surface area contributed by atoms with E-state index in [2.05, 4.69) is 26.1 Å². The second kappa shape index (κ2) is 3.02. The lowest BCUT2D eigenvalue weighted by molar-refractivity contribution is -0.138. The van der Waals surface area contributed by atoms with Crippen molar-refractivity contribution in [3.63, 3.8) is 0 Å². The molecule has 0 spiro atoms. The smallest absolute Gasteiger partial charge is 0.326 e. The summed E-state index contributed by atoms with van der Waals surface area (Å²) in [5, 5.41) is 14.6. The minimum Gasteiger partial charge on any atom is -0.480 e. The van der Waals surface area contributed by atoms with Gasteiger partial charge in [0.05, 0.1) is 16.4 Å². The van der Waals surface area contributed by atoms with Crippen LogP contribution in [-0.2, 0) is 4.79 Å². The van der Waals surface area contributed by atoms with Crippen molar-refractivity contribution in [3.05, 3.63) is 16.4 Å². The molecular formula is C5H6BrN3O2. The molecule has 1 aromatic heterocycles. The number of rotatable bonds is 2. The third-order valence-electron chi connectivity index (χ3n) is 1.20. The molecule has 1 atom stereocenters. The molecule has 5 nitrogen and oxygen atoms in total. The zero-order valence-corrected chi connectivity index (χ0v) is 7.00. The molecule has 1 heterocycles. The molecule has 6 heteroatoms. The molecule has 1 rings (SSSR count). The number of carbonyl (C=O) groups is 1. The Labute approximate surface area is 70.7 Å². The zero-order chi connectivity index (χ0) is 8.43. The van der Waals surface area contributed by atoms with Crippen LogP contribution in [0.25, 0.3) is 0 Å². The Morgan fingerprint density at radius 1 is 1.91 bits per heavy atom. The van der Waals surface area contributed by atoms with Crippen molar-refractivity contribution in [1.29, 1.82) is 0 Å². The van der Waals surface area contributed by atoms with Crippen molar-refractivity contribution < 1.29 is 9.90 Å². The molecule has 11 heavy (non-hydrogen) atoms. The molecule has 1 aromatic rings. The summed E-state index contributed by atoms with van der Waals surface area (Å²) in [6, 6.07) is -1.05. The van der Waals surface area contributed by atoms with Gasteiger partial charge in [0.15, 0.2) is 0 Å². The van der Waals surface area contributed by atoms with Gasteiger partial charge < -0.3 is 10.8 Å². The molecule has 0 aliphatic carbocycles. The first-order valence-corrected chi connectivity index (χ1v) is 3.59. The number of H-pyrrole nitrogens is 1. The van der Waals surface area contributed by atoms with Crippen molar-refractivity contribution >= 4 is 21.9 Å². The summed E-state index contributed by atoms with van der Waals surface area (Å²) in [5.41, 5.74) is 5.65. The molecule has 0 saturated carbocycles. The van der Waals surface area contributed by atoms with Gasteiger partial charge in [-0.05, 0) is 15.9 Å². The van der Waals surface area contributed by atoms with Crippen LogP contribution >= 0.6 is 15.9 Å². The first-order valence-electron chi connectivity index (χ1n) is 2.80. The maximum Gasteiger partial charge on any atom is 0.326 e. The number of halogens is 1. The molecular weight excluding hydrogens is 214 g/mol. The van der Waals surface area contributed by atoms with Crippen LogP contribution in [0.15, 0.2) is 10.7 Å². The molecule has 0 amide bonds. The van der Waals surface area contributed by atoms with Gasteiger partial charge in [-0.15, -0.1) is 0 Å². The number of hydrogen-bond donors (Lipinski definition) is 3. The van der Waals surface area contributed by atoms with E-state index in [4.69, 9.17) is 10.8 Å². The van der Waals surface area contributed by atoms with Crippen molar-refractivity contribution in [2.75, 3.05) is 0 Å². The van der Waals surface area contributed by atoms with Gasteiger partial charge in [-0.1, -0.05) is 0 Å². The van der Waals surface area contributed by atoms with E-state index in [0.29, 0.717) is 10.2 Å². The number of nitrogens with one attached hydrogen (secondary N) is 1. The molecule has 4 N–H and O–H groups in total. The van der Waals surface area contributed by atoms with E-state index in [1.54, 1.807) is 0 Å². The third kappa shape index (κ3) is 1.58. The van der Waals surface area contributed by atoms with Gasteiger partial charge >= 0.3 is 5.97 Å². The maximum atomic E-state index is 10.4. The second-order valence-corrected chi connectivity index (χ2v) is 2.80. The van der Waals surface area contributed by atoms with E-state index < -0.39 is 12.0 Å². The topological polar surface area (TPSA) is 92.0 Å². The van der Waals surface area contributed by atoms with E-state index in [-0.39, 0.29) is 0 Å². The Balaban J connectivity index is 2.92. The quantitative estimate of drug-likeness (QED) is 0.666. The lowest BCUT2D eigenvalue weighted by Gasteiger charge is -2.02. The van der Waals surface area contributed by atoms with Crippen LogP contribution < -0.4 is 5.73 Å². The molecule has 0 radical (unpaired) electrons. The molecule has 0 aliphatic heterocycles. The highest BCUT2D eigenvalue weighted by Crippen LogP contribution is 2.18. The summed E-state index contributed by atoms with van der Waals surface area (Å²) in [4.78, 5) is 10.4. The summed E-state index contributed by atoms with van der Waals surface area (Å²) in [7, 11) is 0. The van der Waals surface area contributed by atoms with Gasteiger partial charge in [-0.25, -0.2) is 0 Å². The summed E-state index contributed by atoms with van der Waals surface area (Å²) in [6.45, 7) is 0. The number of aromatic amines is 1. The van der Waals surface area contributed by atoms with Crippen LogP contribution in [0.3, 0.4) is 0 Å².